The van der Waals surface area contributed by atoms with Crippen molar-refractivity contribution in [2.24, 2.45) is 0 Å². The number of hydrogen-bond donors (Lipinski definition) is 1. The zero-order chi connectivity index (χ0) is 23.0. The molecule has 0 spiro atoms. The Hall–Kier alpha value is -2.90. The second-order valence-corrected chi connectivity index (χ2v) is 8.45. The van der Waals surface area contributed by atoms with Crippen LogP contribution in [0, 0.1) is 5.82 Å². The van der Waals surface area contributed by atoms with Crippen molar-refractivity contribution in [1.82, 2.24) is 24.8 Å². The lowest BCUT2D eigenvalue weighted by atomic mass is 10.0. The predicted molar refractivity (Wildman–Crippen MR) is 130 cm³/mol. The molecule has 0 aliphatic carbocycles. The van der Waals surface area contributed by atoms with Crippen molar-refractivity contribution in [3.05, 3.63) is 71.4 Å². The summed E-state index contributed by atoms with van der Waals surface area (Å²) >= 11 is 0. The Morgan fingerprint density at radius 2 is 1.79 bits per heavy atom. The third-order valence-corrected chi connectivity index (χ3v) is 6.24. The summed E-state index contributed by atoms with van der Waals surface area (Å²) in [6.07, 6.45) is 5.51. The molecular weight excluding hydrogens is 415 g/mol. The fraction of sp³-hybridized carbons (Fsp3) is 0.423. The molecule has 1 N–H and O–H groups in total. The molecule has 33 heavy (non-hydrogen) atoms. The van der Waals surface area contributed by atoms with Gasteiger partial charge in [0.25, 0.3) is 0 Å². The van der Waals surface area contributed by atoms with Crippen molar-refractivity contribution in [3.8, 4) is 11.4 Å². The molecule has 174 valence electrons. The van der Waals surface area contributed by atoms with E-state index in [4.69, 9.17) is 9.97 Å². The summed E-state index contributed by atoms with van der Waals surface area (Å²) in [7, 11) is 0. The van der Waals surface area contributed by atoms with Gasteiger partial charge in [-0.25, -0.2) is 14.4 Å². The molecular formula is C26H33FN6. The molecule has 3 aromatic rings. The molecule has 0 amide bonds. The molecule has 0 saturated heterocycles. The van der Waals surface area contributed by atoms with E-state index < -0.39 is 0 Å². The molecule has 6 nitrogen and oxygen atoms in total. The maximum absolute atomic E-state index is 13.3. The summed E-state index contributed by atoms with van der Waals surface area (Å²) in [5, 5.41) is 3.60. The van der Waals surface area contributed by atoms with Crippen LogP contribution in [-0.4, -0.2) is 57.5 Å². The Morgan fingerprint density at radius 1 is 1.03 bits per heavy atom. The minimum atomic E-state index is -0.200. The van der Waals surface area contributed by atoms with Crippen LogP contribution in [0.5, 0.6) is 0 Å². The zero-order valence-electron chi connectivity index (χ0n) is 19.6. The molecule has 1 aliphatic rings. The van der Waals surface area contributed by atoms with E-state index in [9.17, 15) is 4.39 Å². The average molecular weight is 449 g/mol. The van der Waals surface area contributed by atoms with Gasteiger partial charge in [0.2, 0.25) is 0 Å². The van der Waals surface area contributed by atoms with Crippen molar-refractivity contribution < 1.29 is 4.39 Å². The van der Waals surface area contributed by atoms with Crippen LogP contribution in [0.2, 0.25) is 0 Å². The molecule has 0 bridgehead atoms. The summed E-state index contributed by atoms with van der Waals surface area (Å²) in [6, 6.07) is 10.7. The molecule has 0 fully saturated rings. The number of aromatic nitrogens is 3. The van der Waals surface area contributed by atoms with E-state index in [1.807, 2.05) is 24.3 Å². The Morgan fingerprint density at radius 3 is 2.52 bits per heavy atom. The van der Waals surface area contributed by atoms with Crippen LogP contribution in [-0.2, 0) is 19.5 Å². The molecule has 0 saturated carbocycles. The Balaban J connectivity index is 1.52. The zero-order valence-corrected chi connectivity index (χ0v) is 19.6. The van der Waals surface area contributed by atoms with Gasteiger partial charge in [-0.1, -0.05) is 26.0 Å². The highest BCUT2D eigenvalue weighted by molar-refractivity contribution is 5.59. The van der Waals surface area contributed by atoms with Gasteiger partial charge in [-0.3, -0.25) is 9.88 Å². The number of nitrogens with zero attached hydrogens (tertiary/aromatic N) is 5. The van der Waals surface area contributed by atoms with Crippen LogP contribution in [0.25, 0.3) is 11.4 Å². The summed E-state index contributed by atoms with van der Waals surface area (Å²) in [4.78, 5) is 18.8. The van der Waals surface area contributed by atoms with Gasteiger partial charge in [-0.05, 0) is 62.3 Å². The third kappa shape index (κ3) is 6.12. The number of hydrogen-bond acceptors (Lipinski definition) is 6. The van der Waals surface area contributed by atoms with Gasteiger partial charge in [0.15, 0.2) is 5.82 Å². The smallest absolute Gasteiger partial charge is 0.161 e. The third-order valence-electron chi connectivity index (χ3n) is 6.24. The van der Waals surface area contributed by atoms with E-state index in [0.717, 1.165) is 87.1 Å². The summed E-state index contributed by atoms with van der Waals surface area (Å²) < 4.78 is 13.3. The number of nitrogens with one attached hydrogen (secondary N) is 1. The lowest BCUT2D eigenvalue weighted by molar-refractivity contribution is 0.241. The van der Waals surface area contributed by atoms with E-state index >= 15 is 0 Å². The maximum atomic E-state index is 13.3. The van der Waals surface area contributed by atoms with E-state index in [1.165, 1.54) is 17.7 Å². The number of benzene rings is 1. The van der Waals surface area contributed by atoms with Crippen LogP contribution in [0.1, 0.15) is 37.1 Å². The van der Waals surface area contributed by atoms with Gasteiger partial charge in [0.05, 0.1) is 5.69 Å². The summed E-state index contributed by atoms with van der Waals surface area (Å²) in [5.41, 5.74) is 4.36. The first kappa shape index (κ1) is 23.3. The second kappa shape index (κ2) is 11.3. The van der Waals surface area contributed by atoms with Crippen LogP contribution in [0.15, 0.2) is 48.8 Å². The minimum absolute atomic E-state index is 0.200. The van der Waals surface area contributed by atoms with Gasteiger partial charge < -0.3 is 10.2 Å². The number of rotatable bonds is 10. The molecule has 0 radical (unpaired) electrons. The molecule has 1 aliphatic heterocycles. The number of halogens is 1. The normalized spacial score (nSPS) is 13.8. The maximum Gasteiger partial charge on any atom is 0.161 e. The van der Waals surface area contributed by atoms with Crippen molar-refractivity contribution in [1.29, 1.82) is 0 Å². The van der Waals surface area contributed by atoms with Gasteiger partial charge >= 0.3 is 0 Å². The molecule has 2 aromatic heterocycles. The fourth-order valence-electron chi connectivity index (χ4n) is 4.29. The number of anilines is 1. The molecule has 0 atom stereocenters. The minimum Gasteiger partial charge on any atom is -0.370 e. The Bertz CT molecular complexity index is 1020. The molecule has 0 unspecified atom stereocenters. The first-order valence-electron chi connectivity index (χ1n) is 11.9. The van der Waals surface area contributed by atoms with E-state index in [1.54, 1.807) is 12.4 Å². The van der Waals surface area contributed by atoms with E-state index in [0.29, 0.717) is 0 Å². The van der Waals surface area contributed by atoms with Crippen LogP contribution in [0.3, 0.4) is 0 Å². The van der Waals surface area contributed by atoms with Crippen molar-refractivity contribution in [3.63, 3.8) is 0 Å². The number of pyridine rings is 1. The first-order valence-corrected chi connectivity index (χ1v) is 11.9. The van der Waals surface area contributed by atoms with Crippen molar-refractivity contribution >= 4 is 5.82 Å². The molecule has 7 heteroatoms. The molecule has 1 aromatic carbocycles. The van der Waals surface area contributed by atoms with E-state index in [2.05, 4.69) is 33.9 Å². The lowest BCUT2D eigenvalue weighted by Crippen LogP contribution is -2.32. The first-order chi connectivity index (χ1) is 16.2. The number of fused-ring (bicyclic) bond motifs is 1. The van der Waals surface area contributed by atoms with Gasteiger partial charge in [-0.2, -0.15) is 0 Å². The lowest BCUT2D eigenvalue weighted by Gasteiger charge is -2.29. The fourth-order valence-corrected chi connectivity index (χ4v) is 4.29. The summed E-state index contributed by atoms with van der Waals surface area (Å²) in [6.45, 7) is 11.0. The molecule has 3 heterocycles. The molecule has 4 rings (SSSR count). The highest BCUT2D eigenvalue weighted by atomic mass is 19.1. The summed E-state index contributed by atoms with van der Waals surface area (Å²) in [5.74, 6) is 1.48. The van der Waals surface area contributed by atoms with Crippen molar-refractivity contribution in [2.75, 3.05) is 38.0 Å². The van der Waals surface area contributed by atoms with Crippen LogP contribution < -0.4 is 5.32 Å². The Kier molecular flexibility index (Phi) is 7.96. The van der Waals surface area contributed by atoms with Crippen LogP contribution in [0.4, 0.5) is 10.2 Å². The largest absolute Gasteiger partial charge is 0.370 e. The highest BCUT2D eigenvalue weighted by Crippen LogP contribution is 2.28. The standard InChI is InChI=1S/C26H33FN6/c1-3-32(4-2)16-5-13-29-26-23-12-17-33(18-20-6-8-22(27)9-7-20)19-24(23)30-25(31-26)21-10-14-28-15-11-21/h6-11,14-15H,3-5,12-13,16-19H2,1-2H3,(H,29,30,31). The monoisotopic (exact) mass is 448 g/mol. The predicted octanol–water partition coefficient (Wildman–Crippen LogP) is 4.38. The topological polar surface area (TPSA) is 57.2 Å². The van der Waals surface area contributed by atoms with Crippen LogP contribution >= 0.6 is 0 Å². The van der Waals surface area contributed by atoms with E-state index in [-0.39, 0.29) is 5.82 Å². The Labute approximate surface area is 195 Å². The quantitative estimate of drug-likeness (QED) is 0.465. The van der Waals surface area contributed by atoms with Gasteiger partial charge in [0.1, 0.15) is 11.6 Å². The average Bonchev–Trinajstić information content (AvgIpc) is 2.85. The SMILES string of the molecule is CCN(CC)CCCNc1nc(-c2ccncc2)nc2c1CCN(Cc1ccc(F)cc1)C2. The second-order valence-electron chi connectivity index (χ2n) is 8.45. The van der Waals surface area contributed by atoms with Crippen molar-refractivity contribution in [2.45, 2.75) is 39.8 Å². The highest BCUT2D eigenvalue weighted by Gasteiger charge is 2.23. The van der Waals surface area contributed by atoms with Gasteiger partial charge in [-0.15, -0.1) is 0 Å². The van der Waals surface area contributed by atoms with Gasteiger partial charge in [0, 0.05) is 49.7 Å².